The molecule has 0 saturated heterocycles. The molecule has 2 unspecified atom stereocenters. The highest BCUT2D eigenvalue weighted by molar-refractivity contribution is 5.20. The number of methoxy groups -OCH3 is 1. The predicted octanol–water partition coefficient (Wildman–Crippen LogP) is 1.58. The minimum absolute atomic E-state index is 0.177. The van der Waals surface area contributed by atoms with Gasteiger partial charge in [-0.15, -0.1) is 0 Å². The van der Waals surface area contributed by atoms with Gasteiger partial charge in [-0.1, -0.05) is 13.8 Å². The van der Waals surface area contributed by atoms with Crippen molar-refractivity contribution in [1.82, 2.24) is 9.97 Å². The molecular weight excluding hydrogens is 220 g/mol. The molecule has 0 bridgehead atoms. The summed E-state index contributed by atoms with van der Waals surface area (Å²) in [5, 5.41) is 10.3. The molecule has 1 aromatic rings. The SMILES string of the molecule is CCOC(C(C)C)C(O)c1nccnc1OC. The van der Waals surface area contributed by atoms with Crippen LogP contribution < -0.4 is 4.74 Å². The van der Waals surface area contributed by atoms with Crippen molar-refractivity contribution in [3.8, 4) is 5.88 Å². The quantitative estimate of drug-likeness (QED) is 0.817. The van der Waals surface area contributed by atoms with Crippen LogP contribution in [0.2, 0.25) is 0 Å². The lowest BCUT2D eigenvalue weighted by Crippen LogP contribution is -2.29. The number of ether oxygens (including phenoxy) is 2. The molecule has 0 amide bonds. The van der Waals surface area contributed by atoms with Crippen molar-refractivity contribution in [3.05, 3.63) is 18.1 Å². The van der Waals surface area contributed by atoms with Crippen molar-refractivity contribution in [2.75, 3.05) is 13.7 Å². The lowest BCUT2D eigenvalue weighted by atomic mass is 9.99. The number of rotatable bonds is 6. The first-order valence-electron chi connectivity index (χ1n) is 5.76. The Morgan fingerprint density at radius 2 is 1.94 bits per heavy atom. The molecule has 2 atom stereocenters. The summed E-state index contributed by atoms with van der Waals surface area (Å²) in [7, 11) is 1.51. The molecule has 0 saturated carbocycles. The molecule has 5 nitrogen and oxygen atoms in total. The predicted molar refractivity (Wildman–Crippen MR) is 63.8 cm³/mol. The molecule has 0 aliphatic heterocycles. The summed E-state index contributed by atoms with van der Waals surface area (Å²) in [4.78, 5) is 8.14. The molecule has 0 fully saturated rings. The van der Waals surface area contributed by atoms with E-state index in [9.17, 15) is 5.11 Å². The summed E-state index contributed by atoms with van der Waals surface area (Å²) >= 11 is 0. The van der Waals surface area contributed by atoms with Crippen LogP contribution in [-0.4, -0.2) is 34.9 Å². The Kier molecular flexibility index (Phi) is 5.31. The third-order valence-corrected chi connectivity index (χ3v) is 2.49. The standard InChI is InChI=1S/C12H20N2O3/c1-5-17-11(8(2)3)10(15)9-12(16-4)14-7-6-13-9/h6-8,10-11,15H,5H2,1-4H3. The summed E-state index contributed by atoms with van der Waals surface area (Å²) < 4.78 is 10.6. The van der Waals surface area contributed by atoms with Crippen molar-refractivity contribution in [3.63, 3.8) is 0 Å². The van der Waals surface area contributed by atoms with E-state index >= 15 is 0 Å². The highest BCUT2D eigenvalue weighted by Crippen LogP contribution is 2.27. The van der Waals surface area contributed by atoms with Gasteiger partial charge in [0, 0.05) is 19.0 Å². The van der Waals surface area contributed by atoms with E-state index in [2.05, 4.69) is 9.97 Å². The Balaban J connectivity index is 2.96. The zero-order valence-corrected chi connectivity index (χ0v) is 10.8. The first-order valence-corrected chi connectivity index (χ1v) is 5.76. The van der Waals surface area contributed by atoms with Gasteiger partial charge in [0.1, 0.15) is 11.8 Å². The Morgan fingerprint density at radius 1 is 1.29 bits per heavy atom. The Bertz CT molecular complexity index is 344. The van der Waals surface area contributed by atoms with Gasteiger partial charge in [-0.3, -0.25) is 4.98 Å². The molecular formula is C12H20N2O3. The van der Waals surface area contributed by atoms with Gasteiger partial charge in [0.15, 0.2) is 0 Å². The van der Waals surface area contributed by atoms with Crippen LogP contribution in [-0.2, 0) is 4.74 Å². The molecule has 1 rings (SSSR count). The third-order valence-electron chi connectivity index (χ3n) is 2.49. The molecule has 0 spiro atoms. The second-order valence-electron chi connectivity index (χ2n) is 4.06. The largest absolute Gasteiger partial charge is 0.480 e. The first-order chi connectivity index (χ1) is 8.11. The summed E-state index contributed by atoms with van der Waals surface area (Å²) in [6.45, 7) is 6.43. The van der Waals surface area contributed by atoms with Crippen LogP contribution in [0.4, 0.5) is 0 Å². The summed E-state index contributed by atoms with van der Waals surface area (Å²) in [6, 6.07) is 0. The van der Waals surface area contributed by atoms with Gasteiger partial charge in [0.25, 0.3) is 0 Å². The lowest BCUT2D eigenvalue weighted by Gasteiger charge is -2.26. The van der Waals surface area contributed by atoms with Crippen molar-refractivity contribution in [2.24, 2.45) is 5.92 Å². The fraction of sp³-hybridized carbons (Fsp3) is 0.667. The highest BCUT2D eigenvalue weighted by Gasteiger charge is 2.28. The molecule has 1 heterocycles. The average molecular weight is 240 g/mol. The lowest BCUT2D eigenvalue weighted by molar-refractivity contribution is -0.0611. The van der Waals surface area contributed by atoms with Gasteiger partial charge in [0.2, 0.25) is 5.88 Å². The number of aromatic nitrogens is 2. The Hall–Kier alpha value is -1.20. The number of hydrogen-bond acceptors (Lipinski definition) is 5. The van der Waals surface area contributed by atoms with Crippen molar-refractivity contribution < 1.29 is 14.6 Å². The Labute approximate surface area is 102 Å². The number of aliphatic hydroxyl groups excluding tert-OH is 1. The second-order valence-corrected chi connectivity index (χ2v) is 4.06. The molecule has 5 heteroatoms. The molecule has 0 radical (unpaired) electrons. The normalized spacial score (nSPS) is 14.7. The molecule has 1 N–H and O–H groups in total. The fourth-order valence-electron chi connectivity index (χ4n) is 1.69. The smallest absolute Gasteiger partial charge is 0.238 e. The third kappa shape index (κ3) is 3.38. The van der Waals surface area contributed by atoms with Gasteiger partial charge in [0.05, 0.1) is 13.2 Å². The first kappa shape index (κ1) is 13.9. The van der Waals surface area contributed by atoms with Gasteiger partial charge in [-0.25, -0.2) is 4.98 Å². The van der Waals surface area contributed by atoms with Crippen LogP contribution in [0.5, 0.6) is 5.88 Å². The van der Waals surface area contributed by atoms with Crippen LogP contribution >= 0.6 is 0 Å². The number of aliphatic hydroxyl groups is 1. The van der Waals surface area contributed by atoms with E-state index in [1.807, 2.05) is 20.8 Å². The highest BCUT2D eigenvalue weighted by atomic mass is 16.5. The minimum atomic E-state index is -0.835. The Morgan fingerprint density at radius 3 is 2.47 bits per heavy atom. The summed E-state index contributed by atoms with van der Waals surface area (Å²) in [5.41, 5.74) is 0.419. The van der Waals surface area contributed by atoms with Crippen molar-refractivity contribution in [1.29, 1.82) is 0 Å². The van der Waals surface area contributed by atoms with Crippen LogP contribution in [0.25, 0.3) is 0 Å². The summed E-state index contributed by atoms with van der Waals surface area (Å²) in [5.74, 6) is 0.516. The molecule has 17 heavy (non-hydrogen) atoms. The second kappa shape index (κ2) is 6.51. The zero-order valence-electron chi connectivity index (χ0n) is 10.8. The maximum Gasteiger partial charge on any atom is 0.238 e. The maximum atomic E-state index is 10.3. The molecule has 0 aliphatic rings. The van der Waals surface area contributed by atoms with Crippen molar-refractivity contribution in [2.45, 2.75) is 33.0 Å². The topological polar surface area (TPSA) is 64.5 Å². The molecule has 0 aromatic carbocycles. The van der Waals surface area contributed by atoms with Crippen LogP contribution in [0, 0.1) is 5.92 Å². The van der Waals surface area contributed by atoms with Crippen LogP contribution in [0.15, 0.2) is 12.4 Å². The monoisotopic (exact) mass is 240 g/mol. The van der Waals surface area contributed by atoms with Crippen LogP contribution in [0.3, 0.4) is 0 Å². The molecule has 1 aromatic heterocycles. The van der Waals surface area contributed by atoms with E-state index in [0.717, 1.165) is 0 Å². The van der Waals surface area contributed by atoms with E-state index in [0.29, 0.717) is 18.2 Å². The number of nitrogens with zero attached hydrogens (tertiary/aromatic N) is 2. The van der Waals surface area contributed by atoms with Gasteiger partial charge in [-0.2, -0.15) is 0 Å². The van der Waals surface area contributed by atoms with E-state index in [4.69, 9.17) is 9.47 Å². The molecule has 0 aliphatic carbocycles. The van der Waals surface area contributed by atoms with Gasteiger partial charge < -0.3 is 14.6 Å². The van der Waals surface area contributed by atoms with Gasteiger partial charge >= 0.3 is 0 Å². The van der Waals surface area contributed by atoms with E-state index in [-0.39, 0.29) is 12.0 Å². The number of hydrogen-bond donors (Lipinski definition) is 1. The van der Waals surface area contributed by atoms with Gasteiger partial charge in [-0.05, 0) is 12.8 Å². The minimum Gasteiger partial charge on any atom is -0.480 e. The van der Waals surface area contributed by atoms with Crippen LogP contribution in [0.1, 0.15) is 32.6 Å². The van der Waals surface area contributed by atoms with Crippen molar-refractivity contribution >= 4 is 0 Å². The van der Waals surface area contributed by atoms with E-state index in [1.165, 1.54) is 19.5 Å². The zero-order chi connectivity index (χ0) is 12.8. The maximum absolute atomic E-state index is 10.3. The van der Waals surface area contributed by atoms with E-state index in [1.54, 1.807) is 0 Å². The summed E-state index contributed by atoms with van der Waals surface area (Å²) in [6.07, 6.45) is 1.91. The fourth-order valence-corrected chi connectivity index (χ4v) is 1.69. The molecule has 96 valence electrons. The average Bonchev–Trinajstić information content (AvgIpc) is 2.34. The van der Waals surface area contributed by atoms with E-state index < -0.39 is 6.10 Å².